The molecule has 3 rings (SSSR count). The molecule has 1 aliphatic carbocycles. The number of hydrogen-bond donors (Lipinski definition) is 1. The van der Waals surface area contributed by atoms with Crippen LogP contribution in [0, 0.1) is 0 Å². The predicted molar refractivity (Wildman–Crippen MR) is 69.5 cm³/mol. The van der Waals surface area contributed by atoms with Gasteiger partial charge in [0.15, 0.2) is 5.58 Å². The van der Waals surface area contributed by atoms with Crippen LogP contribution in [0.3, 0.4) is 0 Å². The van der Waals surface area contributed by atoms with Crippen molar-refractivity contribution >= 4 is 11.1 Å². The van der Waals surface area contributed by atoms with Gasteiger partial charge in [0.2, 0.25) is 0 Å². The van der Waals surface area contributed by atoms with Crippen molar-refractivity contribution in [2.24, 2.45) is 5.73 Å². The molecule has 1 aromatic heterocycles. The van der Waals surface area contributed by atoms with Crippen molar-refractivity contribution in [2.75, 3.05) is 7.11 Å². The van der Waals surface area contributed by atoms with Gasteiger partial charge in [-0.25, -0.2) is 0 Å². The van der Waals surface area contributed by atoms with Crippen molar-refractivity contribution < 1.29 is 9.15 Å². The van der Waals surface area contributed by atoms with Crippen LogP contribution in [-0.2, 0) is 5.54 Å². The van der Waals surface area contributed by atoms with E-state index in [1.807, 2.05) is 12.1 Å². The van der Waals surface area contributed by atoms with Crippen LogP contribution >= 0.6 is 0 Å². The van der Waals surface area contributed by atoms with Crippen LogP contribution in [0.5, 0.6) is 6.08 Å². The molecular weight excluding hydrogens is 228 g/mol. The lowest BCUT2D eigenvalue weighted by Gasteiger charge is -2.33. The van der Waals surface area contributed by atoms with Crippen LogP contribution in [0.4, 0.5) is 0 Å². The maximum atomic E-state index is 6.57. The molecule has 2 aromatic rings. The quantitative estimate of drug-likeness (QED) is 0.885. The summed E-state index contributed by atoms with van der Waals surface area (Å²) < 4.78 is 10.6. The molecule has 4 heteroatoms. The molecule has 1 heterocycles. The van der Waals surface area contributed by atoms with E-state index in [0.29, 0.717) is 6.08 Å². The number of hydrogen-bond acceptors (Lipinski definition) is 4. The van der Waals surface area contributed by atoms with E-state index in [-0.39, 0.29) is 5.54 Å². The molecule has 4 nitrogen and oxygen atoms in total. The van der Waals surface area contributed by atoms with Gasteiger partial charge in [0.05, 0.1) is 7.11 Å². The van der Waals surface area contributed by atoms with Gasteiger partial charge in [-0.15, -0.1) is 0 Å². The van der Waals surface area contributed by atoms with Gasteiger partial charge in [0.1, 0.15) is 5.52 Å². The summed E-state index contributed by atoms with van der Waals surface area (Å²) in [5, 5.41) is 0. The van der Waals surface area contributed by atoms with E-state index >= 15 is 0 Å². The number of para-hydroxylation sites is 1. The van der Waals surface area contributed by atoms with E-state index in [2.05, 4.69) is 11.1 Å². The summed E-state index contributed by atoms with van der Waals surface area (Å²) in [6.45, 7) is 0. The van der Waals surface area contributed by atoms with Crippen LogP contribution < -0.4 is 10.5 Å². The zero-order valence-corrected chi connectivity index (χ0v) is 10.6. The first kappa shape index (κ1) is 11.5. The number of ether oxygens (including phenoxy) is 1. The average molecular weight is 246 g/mol. The lowest BCUT2D eigenvalue weighted by molar-refractivity contribution is 0.299. The third-order valence-electron chi connectivity index (χ3n) is 3.86. The smallest absolute Gasteiger partial charge is 0.394 e. The van der Waals surface area contributed by atoms with Crippen molar-refractivity contribution in [2.45, 2.75) is 37.6 Å². The minimum absolute atomic E-state index is 0.264. The van der Waals surface area contributed by atoms with Crippen molar-refractivity contribution in [1.29, 1.82) is 0 Å². The standard InChI is InChI=1S/C14H18N2O2/c1-17-13-16-12-10(6-5-7-11(12)18-13)14(15)8-3-2-4-9-14/h5-7H,2-4,8-9,15H2,1H3. The summed E-state index contributed by atoms with van der Waals surface area (Å²) in [5.74, 6) is 0. The number of aromatic nitrogens is 1. The Bertz CT molecular complexity index is 556. The fourth-order valence-electron chi connectivity index (χ4n) is 2.87. The Morgan fingerprint density at radius 3 is 2.78 bits per heavy atom. The first-order chi connectivity index (χ1) is 8.73. The number of fused-ring (bicyclic) bond motifs is 1. The van der Waals surface area contributed by atoms with E-state index in [9.17, 15) is 0 Å². The van der Waals surface area contributed by atoms with Crippen molar-refractivity contribution in [3.63, 3.8) is 0 Å². The predicted octanol–water partition coefficient (Wildman–Crippen LogP) is 2.95. The van der Waals surface area contributed by atoms with Gasteiger partial charge in [-0.2, -0.15) is 4.98 Å². The molecule has 1 aromatic carbocycles. The second-order valence-corrected chi connectivity index (χ2v) is 5.05. The fraction of sp³-hybridized carbons (Fsp3) is 0.500. The van der Waals surface area contributed by atoms with Gasteiger partial charge in [0, 0.05) is 11.1 Å². The van der Waals surface area contributed by atoms with Gasteiger partial charge in [-0.3, -0.25) is 0 Å². The molecule has 96 valence electrons. The zero-order valence-electron chi connectivity index (χ0n) is 10.6. The summed E-state index contributed by atoms with van der Waals surface area (Å²) >= 11 is 0. The van der Waals surface area contributed by atoms with Gasteiger partial charge < -0.3 is 14.9 Å². The molecule has 1 aliphatic rings. The molecule has 0 radical (unpaired) electrons. The van der Waals surface area contributed by atoms with Crippen LogP contribution in [-0.4, -0.2) is 12.1 Å². The molecule has 0 unspecified atom stereocenters. The molecule has 1 saturated carbocycles. The van der Waals surface area contributed by atoms with Crippen LogP contribution in [0.1, 0.15) is 37.7 Å². The average Bonchev–Trinajstić information content (AvgIpc) is 2.82. The lowest BCUT2D eigenvalue weighted by Crippen LogP contribution is -2.38. The van der Waals surface area contributed by atoms with E-state index in [0.717, 1.165) is 29.5 Å². The topological polar surface area (TPSA) is 61.3 Å². The van der Waals surface area contributed by atoms with Crippen LogP contribution in [0.25, 0.3) is 11.1 Å². The van der Waals surface area contributed by atoms with Crippen LogP contribution in [0.15, 0.2) is 22.6 Å². The van der Waals surface area contributed by atoms with Gasteiger partial charge in [-0.1, -0.05) is 31.4 Å². The number of methoxy groups -OCH3 is 1. The molecule has 0 atom stereocenters. The second kappa shape index (κ2) is 4.28. The summed E-state index contributed by atoms with van der Waals surface area (Å²) in [4.78, 5) is 4.38. The normalized spacial score (nSPS) is 19.0. The highest BCUT2D eigenvalue weighted by atomic mass is 16.6. The molecule has 0 saturated heterocycles. The van der Waals surface area contributed by atoms with E-state index in [4.69, 9.17) is 14.9 Å². The van der Waals surface area contributed by atoms with Crippen molar-refractivity contribution in [3.05, 3.63) is 23.8 Å². The number of nitrogens with two attached hydrogens (primary N) is 1. The maximum Gasteiger partial charge on any atom is 0.394 e. The zero-order chi connectivity index (χ0) is 12.6. The Morgan fingerprint density at radius 1 is 1.28 bits per heavy atom. The summed E-state index contributed by atoms with van der Waals surface area (Å²) in [6.07, 6.45) is 5.97. The monoisotopic (exact) mass is 246 g/mol. The first-order valence-corrected chi connectivity index (χ1v) is 6.46. The van der Waals surface area contributed by atoms with Gasteiger partial charge in [-0.05, 0) is 18.9 Å². The fourth-order valence-corrected chi connectivity index (χ4v) is 2.87. The molecule has 2 N–H and O–H groups in total. The lowest BCUT2D eigenvalue weighted by atomic mass is 9.77. The molecule has 1 fully saturated rings. The van der Waals surface area contributed by atoms with Crippen LogP contribution in [0.2, 0.25) is 0 Å². The minimum Gasteiger partial charge on any atom is -0.453 e. The minimum atomic E-state index is -0.264. The molecule has 0 spiro atoms. The Morgan fingerprint density at radius 2 is 2.06 bits per heavy atom. The maximum absolute atomic E-state index is 6.57. The Kier molecular flexibility index (Phi) is 2.74. The summed E-state index contributed by atoms with van der Waals surface area (Å²) in [7, 11) is 1.56. The highest BCUT2D eigenvalue weighted by molar-refractivity contribution is 5.78. The Labute approximate surface area is 106 Å². The number of oxazole rings is 1. The third-order valence-corrected chi connectivity index (χ3v) is 3.86. The summed E-state index contributed by atoms with van der Waals surface area (Å²) in [5.41, 5.74) is 9.00. The Hall–Kier alpha value is -1.55. The molecule has 18 heavy (non-hydrogen) atoms. The molecule has 0 amide bonds. The highest BCUT2D eigenvalue weighted by Crippen LogP contribution is 2.38. The van der Waals surface area contributed by atoms with Crippen molar-refractivity contribution in [1.82, 2.24) is 4.98 Å². The molecule has 0 aliphatic heterocycles. The number of nitrogens with zero attached hydrogens (tertiary/aromatic N) is 1. The van der Waals surface area contributed by atoms with Gasteiger partial charge in [0.25, 0.3) is 0 Å². The van der Waals surface area contributed by atoms with Crippen molar-refractivity contribution in [3.8, 4) is 6.08 Å². The van der Waals surface area contributed by atoms with E-state index < -0.39 is 0 Å². The van der Waals surface area contributed by atoms with Gasteiger partial charge >= 0.3 is 6.08 Å². The SMILES string of the molecule is COc1nc2c(C3(N)CCCCC3)cccc2o1. The number of rotatable bonds is 2. The van der Waals surface area contributed by atoms with E-state index in [1.165, 1.54) is 19.3 Å². The summed E-state index contributed by atoms with van der Waals surface area (Å²) in [6, 6.07) is 5.95. The first-order valence-electron chi connectivity index (χ1n) is 6.46. The highest BCUT2D eigenvalue weighted by Gasteiger charge is 2.32. The third kappa shape index (κ3) is 1.77. The molecular formula is C14H18N2O2. The molecule has 0 bridgehead atoms. The number of benzene rings is 1. The second-order valence-electron chi connectivity index (χ2n) is 5.05. The largest absolute Gasteiger partial charge is 0.453 e. The Balaban J connectivity index is 2.12. The van der Waals surface area contributed by atoms with E-state index in [1.54, 1.807) is 7.11 Å².